The first-order chi connectivity index (χ1) is 9.66. The Morgan fingerprint density at radius 2 is 1.90 bits per heavy atom. The van der Waals surface area contributed by atoms with Crippen LogP contribution in [0, 0.1) is 19.7 Å². The van der Waals surface area contributed by atoms with E-state index in [0.29, 0.717) is 12.5 Å². The van der Waals surface area contributed by atoms with Crippen LogP contribution in [0.25, 0.3) is 10.9 Å². The molecule has 0 amide bonds. The summed E-state index contributed by atoms with van der Waals surface area (Å²) in [7, 11) is 0. The van der Waals surface area contributed by atoms with Gasteiger partial charge < -0.3 is 9.30 Å². The van der Waals surface area contributed by atoms with Gasteiger partial charge in [-0.05, 0) is 49.7 Å². The molecule has 0 spiro atoms. The first-order valence-corrected chi connectivity index (χ1v) is 6.44. The van der Waals surface area contributed by atoms with E-state index in [1.165, 1.54) is 23.1 Å². The summed E-state index contributed by atoms with van der Waals surface area (Å²) in [6.07, 6.45) is 3.63. The van der Waals surface area contributed by atoms with Gasteiger partial charge >= 0.3 is 0 Å². The Morgan fingerprint density at radius 3 is 2.65 bits per heavy atom. The highest BCUT2D eigenvalue weighted by molar-refractivity contribution is 5.84. The Kier molecular flexibility index (Phi) is 3.14. The molecule has 0 N–H and O–H groups in total. The lowest BCUT2D eigenvalue weighted by molar-refractivity contribution is 0.239. The van der Waals surface area contributed by atoms with Crippen LogP contribution in [0.15, 0.2) is 42.7 Å². The maximum Gasteiger partial charge on any atom is 0.165 e. The maximum atomic E-state index is 12.9. The number of ether oxygens (including phenoxy) is 1. The molecule has 3 aromatic rings. The number of aromatic nitrogens is 2. The molecule has 20 heavy (non-hydrogen) atoms. The average Bonchev–Trinajstić information content (AvgIpc) is 2.71. The molecule has 0 unspecified atom stereocenters. The van der Waals surface area contributed by atoms with Crippen molar-refractivity contribution in [1.82, 2.24) is 9.55 Å². The minimum Gasteiger partial charge on any atom is -0.473 e. The summed E-state index contributed by atoms with van der Waals surface area (Å²) in [5.41, 5.74) is 3.42. The summed E-state index contributed by atoms with van der Waals surface area (Å²) in [5.74, 6) is 0.384. The van der Waals surface area contributed by atoms with Gasteiger partial charge in [-0.15, -0.1) is 0 Å². The fourth-order valence-corrected chi connectivity index (χ4v) is 2.33. The van der Waals surface area contributed by atoms with Crippen LogP contribution in [0.4, 0.5) is 4.39 Å². The van der Waals surface area contributed by atoms with Crippen molar-refractivity contribution >= 4 is 10.9 Å². The lowest BCUT2D eigenvalue weighted by Gasteiger charge is -2.10. The second kappa shape index (κ2) is 4.96. The molecule has 0 radical (unpaired) electrons. The molecule has 0 atom stereocenters. The predicted molar refractivity (Wildman–Crippen MR) is 76.2 cm³/mol. The number of halogens is 1. The van der Waals surface area contributed by atoms with Crippen molar-refractivity contribution in [1.29, 1.82) is 0 Å². The first-order valence-electron chi connectivity index (χ1n) is 6.44. The number of fused-ring (bicyclic) bond motifs is 1. The molecule has 0 aliphatic carbocycles. The zero-order chi connectivity index (χ0) is 14.1. The summed E-state index contributed by atoms with van der Waals surface area (Å²) in [6, 6.07) is 8.04. The van der Waals surface area contributed by atoms with Gasteiger partial charge in [0.25, 0.3) is 0 Å². The van der Waals surface area contributed by atoms with Gasteiger partial charge in [0.1, 0.15) is 11.6 Å². The van der Waals surface area contributed by atoms with E-state index in [0.717, 1.165) is 11.2 Å². The largest absolute Gasteiger partial charge is 0.473 e. The molecule has 0 aliphatic heterocycles. The van der Waals surface area contributed by atoms with E-state index >= 15 is 0 Å². The Balaban J connectivity index is 1.91. The smallest absolute Gasteiger partial charge is 0.165 e. The van der Waals surface area contributed by atoms with Crippen molar-refractivity contribution in [3.05, 3.63) is 59.8 Å². The molecular formula is C16H15FN2O. The van der Waals surface area contributed by atoms with Crippen molar-refractivity contribution in [3.8, 4) is 5.75 Å². The minimum atomic E-state index is -0.264. The third-order valence-electron chi connectivity index (χ3n) is 3.62. The number of hydrogen-bond donors (Lipinski definition) is 0. The molecule has 102 valence electrons. The van der Waals surface area contributed by atoms with Crippen molar-refractivity contribution < 1.29 is 9.13 Å². The lowest BCUT2D eigenvalue weighted by Crippen LogP contribution is -2.07. The number of pyridine rings is 1. The third-order valence-corrected chi connectivity index (χ3v) is 3.62. The highest BCUT2D eigenvalue weighted by atomic mass is 19.1. The zero-order valence-electron chi connectivity index (χ0n) is 11.4. The highest BCUT2D eigenvalue weighted by Crippen LogP contribution is 2.24. The zero-order valence-corrected chi connectivity index (χ0v) is 11.4. The topological polar surface area (TPSA) is 27.1 Å². The second-order valence-corrected chi connectivity index (χ2v) is 4.76. The molecule has 0 fully saturated rings. The Hall–Kier alpha value is -2.36. The van der Waals surface area contributed by atoms with Gasteiger partial charge in [0.15, 0.2) is 6.73 Å². The fourth-order valence-electron chi connectivity index (χ4n) is 2.33. The molecule has 0 saturated carbocycles. The Labute approximate surface area is 116 Å². The SMILES string of the molecule is Cc1c(C)n(COc2ccc(F)cc2)c2cnccc12. The first kappa shape index (κ1) is 12.7. The molecule has 4 heteroatoms. The molecule has 0 saturated heterocycles. The van der Waals surface area contributed by atoms with Gasteiger partial charge in [-0.1, -0.05) is 0 Å². The van der Waals surface area contributed by atoms with E-state index in [2.05, 4.69) is 23.4 Å². The van der Waals surface area contributed by atoms with Gasteiger partial charge in [0.05, 0.1) is 11.7 Å². The summed E-state index contributed by atoms with van der Waals surface area (Å²) in [5, 5.41) is 1.18. The lowest BCUT2D eigenvalue weighted by atomic mass is 10.2. The van der Waals surface area contributed by atoms with Crippen molar-refractivity contribution in [2.75, 3.05) is 0 Å². The van der Waals surface area contributed by atoms with Crippen LogP contribution in [0.3, 0.4) is 0 Å². The van der Waals surface area contributed by atoms with E-state index in [1.54, 1.807) is 18.3 Å². The monoisotopic (exact) mass is 270 g/mol. The van der Waals surface area contributed by atoms with Crippen molar-refractivity contribution in [2.45, 2.75) is 20.6 Å². The average molecular weight is 270 g/mol. The molecule has 2 aromatic heterocycles. The summed E-state index contributed by atoms with van der Waals surface area (Å²) in [6.45, 7) is 4.53. The number of nitrogens with zero attached hydrogens (tertiary/aromatic N) is 2. The number of aryl methyl sites for hydroxylation is 1. The van der Waals surface area contributed by atoms with Crippen molar-refractivity contribution in [2.24, 2.45) is 0 Å². The van der Waals surface area contributed by atoms with Gasteiger partial charge in [0.2, 0.25) is 0 Å². The Bertz CT molecular complexity index is 747. The highest BCUT2D eigenvalue weighted by Gasteiger charge is 2.10. The van der Waals surface area contributed by atoms with E-state index in [4.69, 9.17) is 4.74 Å². The van der Waals surface area contributed by atoms with Crippen LogP contribution in [0.1, 0.15) is 11.3 Å². The predicted octanol–water partition coefficient (Wildman–Crippen LogP) is 3.83. The van der Waals surface area contributed by atoms with Gasteiger partial charge in [-0.3, -0.25) is 4.98 Å². The maximum absolute atomic E-state index is 12.9. The summed E-state index contributed by atoms with van der Waals surface area (Å²) < 4.78 is 20.6. The van der Waals surface area contributed by atoms with Crippen LogP contribution in [0.5, 0.6) is 5.75 Å². The van der Waals surface area contributed by atoms with Crippen LogP contribution < -0.4 is 4.74 Å². The van der Waals surface area contributed by atoms with Gasteiger partial charge in [0, 0.05) is 17.3 Å². The third kappa shape index (κ3) is 2.13. The van der Waals surface area contributed by atoms with Gasteiger partial charge in [-0.25, -0.2) is 4.39 Å². The minimum absolute atomic E-state index is 0.264. The van der Waals surface area contributed by atoms with E-state index in [-0.39, 0.29) is 5.82 Å². The van der Waals surface area contributed by atoms with E-state index in [9.17, 15) is 4.39 Å². The molecular weight excluding hydrogens is 255 g/mol. The van der Waals surface area contributed by atoms with Crippen LogP contribution >= 0.6 is 0 Å². The standard InChI is InChI=1S/C16H15FN2O/c1-11-12(2)19(16-9-18-8-7-15(11)16)10-20-14-5-3-13(17)4-6-14/h3-9H,10H2,1-2H3. The summed E-state index contributed by atoms with van der Waals surface area (Å²) >= 11 is 0. The van der Waals surface area contributed by atoms with Crippen molar-refractivity contribution in [3.63, 3.8) is 0 Å². The van der Waals surface area contributed by atoms with Crippen LogP contribution in [-0.4, -0.2) is 9.55 Å². The molecule has 3 rings (SSSR count). The molecule has 3 nitrogen and oxygen atoms in total. The van der Waals surface area contributed by atoms with Crippen LogP contribution in [-0.2, 0) is 6.73 Å². The van der Waals surface area contributed by atoms with Gasteiger partial charge in [-0.2, -0.15) is 0 Å². The molecule has 0 aliphatic rings. The summed E-state index contributed by atoms with van der Waals surface area (Å²) in [4.78, 5) is 4.17. The second-order valence-electron chi connectivity index (χ2n) is 4.76. The van der Waals surface area contributed by atoms with E-state index in [1.807, 2.05) is 12.3 Å². The molecule has 2 heterocycles. The van der Waals surface area contributed by atoms with E-state index < -0.39 is 0 Å². The molecule has 1 aromatic carbocycles. The fraction of sp³-hybridized carbons (Fsp3) is 0.188. The quantitative estimate of drug-likeness (QED) is 0.723. The number of benzene rings is 1. The van der Waals surface area contributed by atoms with Crippen LogP contribution in [0.2, 0.25) is 0 Å². The number of rotatable bonds is 3. The normalized spacial score (nSPS) is 10.9. The number of hydrogen-bond acceptors (Lipinski definition) is 2. The Morgan fingerprint density at radius 1 is 1.15 bits per heavy atom. The molecule has 0 bridgehead atoms.